The Kier molecular flexibility index (Phi) is 5.36. The van der Waals surface area contributed by atoms with Gasteiger partial charge in [-0.3, -0.25) is 14.2 Å². The largest absolute Gasteiger partial charge is 0.308 e. The third-order valence-corrected chi connectivity index (χ3v) is 5.09. The molecule has 1 fully saturated rings. The van der Waals surface area contributed by atoms with Crippen LogP contribution in [0.15, 0.2) is 36.4 Å². The smallest absolute Gasteiger partial charge is 0.282 e. The third-order valence-electron chi connectivity index (χ3n) is 4.84. The molecule has 0 bridgehead atoms. The molecular weight excluding hydrogens is 400 g/mol. The fraction of sp³-hybridized carbons (Fsp3) is 0.350. The van der Waals surface area contributed by atoms with Crippen molar-refractivity contribution in [1.82, 2.24) is 19.6 Å². The summed E-state index contributed by atoms with van der Waals surface area (Å²) in [7, 11) is 0. The van der Waals surface area contributed by atoms with E-state index < -0.39 is 6.43 Å². The summed E-state index contributed by atoms with van der Waals surface area (Å²) in [6, 6.07) is 10.6. The highest BCUT2D eigenvalue weighted by Crippen LogP contribution is 2.41. The molecule has 0 atom stereocenters. The number of rotatable bonds is 7. The minimum Gasteiger partial charge on any atom is -0.308 e. The molecule has 9 heteroatoms. The number of amides is 1. The summed E-state index contributed by atoms with van der Waals surface area (Å²) in [4.78, 5) is 12.4. The number of hydrogen-bond donors (Lipinski definition) is 1. The Morgan fingerprint density at radius 1 is 1.21 bits per heavy atom. The number of carbonyl (C=O) groups excluding carboxylic acids is 1. The monoisotopic (exact) mass is 419 g/mol. The second-order valence-electron chi connectivity index (χ2n) is 7.23. The van der Waals surface area contributed by atoms with Crippen molar-refractivity contribution in [2.45, 2.75) is 45.2 Å². The van der Waals surface area contributed by atoms with E-state index in [9.17, 15) is 13.6 Å². The molecule has 1 aromatic carbocycles. The molecule has 0 spiro atoms. The van der Waals surface area contributed by atoms with Gasteiger partial charge in [-0.25, -0.2) is 8.78 Å². The van der Waals surface area contributed by atoms with E-state index >= 15 is 0 Å². The molecule has 0 aliphatic heterocycles. The first-order chi connectivity index (χ1) is 13.9. The molecule has 1 saturated carbocycles. The Labute approximate surface area is 171 Å². The van der Waals surface area contributed by atoms with Crippen LogP contribution in [0.5, 0.6) is 0 Å². The van der Waals surface area contributed by atoms with Crippen molar-refractivity contribution in [3.63, 3.8) is 0 Å². The lowest BCUT2D eigenvalue weighted by molar-refractivity contribution is -0.117. The Bertz CT molecular complexity index is 1020. The van der Waals surface area contributed by atoms with Crippen LogP contribution in [0.1, 0.15) is 47.8 Å². The molecule has 4 rings (SSSR count). The first kappa shape index (κ1) is 19.6. The molecule has 1 amide bonds. The van der Waals surface area contributed by atoms with Crippen LogP contribution in [0.25, 0.3) is 0 Å². The van der Waals surface area contributed by atoms with Crippen LogP contribution in [0.3, 0.4) is 0 Å². The highest BCUT2D eigenvalue weighted by atomic mass is 35.5. The van der Waals surface area contributed by atoms with Gasteiger partial charge in [0.2, 0.25) is 5.91 Å². The lowest BCUT2D eigenvalue weighted by atomic mass is 10.2. The third kappa shape index (κ3) is 4.64. The molecule has 1 aliphatic rings. The van der Waals surface area contributed by atoms with Crippen molar-refractivity contribution in [1.29, 1.82) is 0 Å². The molecule has 2 aromatic heterocycles. The van der Waals surface area contributed by atoms with Gasteiger partial charge in [0.25, 0.3) is 6.43 Å². The molecule has 152 valence electrons. The Hall–Kier alpha value is -2.74. The zero-order valence-corrected chi connectivity index (χ0v) is 16.5. The number of benzene rings is 1. The van der Waals surface area contributed by atoms with Gasteiger partial charge >= 0.3 is 0 Å². The number of aromatic nitrogens is 4. The first-order valence-electron chi connectivity index (χ1n) is 9.33. The van der Waals surface area contributed by atoms with E-state index in [0.717, 1.165) is 24.1 Å². The Morgan fingerprint density at radius 2 is 1.93 bits per heavy atom. The van der Waals surface area contributed by atoms with Crippen LogP contribution in [-0.4, -0.2) is 25.5 Å². The number of carbonyl (C=O) groups is 1. The SMILES string of the molecule is Cc1cc(NC(=O)Cn2nc(C(F)F)cc2C2CC2)nn1Cc1ccc(Cl)cc1. The minimum absolute atomic E-state index is 0.123. The van der Waals surface area contributed by atoms with Gasteiger partial charge in [-0.15, -0.1) is 0 Å². The van der Waals surface area contributed by atoms with Gasteiger partial charge in [0.05, 0.1) is 6.54 Å². The van der Waals surface area contributed by atoms with E-state index in [-0.39, 0.29) is 24.1 Å². The fourth-order valence-electron chi connectivity index (χ4n) is 3.21. The van der Waals surface area contributed by atoms with Crippen LogP contribution in [-0.2, 0) is 17.9 Å². The summed E-state index contributed by atoms with van der Waals surface area (Å²) >= 11 is 5.91. The van der Waals surface area contributed by atoms with Gasteiger partial charge < -0.3 is 5.32 Å². The zero-order chi connectivity index (χ0) is 20.5. The van der Waals surface area contributed by atoms with Gasteiger partial charge in [0.1, 0.15) is 12.2 Å². The maximum Gasteiger partial charge on any atom is 0.282 e. The van der Waals surface area contributed by atoms with Crippen molar-refractivity contribution in [2.75, 3.05) is 5.32 Å². The number of nitrogens with one attached hydrogen (secondary N) is 1. The predicted molar refractivity (Wildman–Crippen MR) is 105 cm³/mol. The molecular formula is C20H20ClF2N5O. The number of hydrogen-bond acceptors (Lipinski definition) is 3. The standard InChI is InChI=1S/C20H20ClF2N5O/c1-12-8-18(26-27(12)10-13-2-6-15(21)7-3-13)24-19(29)11-28-17(14-4-5-14)9-16(25-28)20(22)23/h2-3,6-9,14,20H,4-5,10-11H2,1H3,(H,24,26,29). The van der Waals surface area contributed by atoms with E-state index in [2.05, 4.69) is 15.5 Å². The molecule has 2 heterocycles. The van der Waals surface area contributed by atoms with E-state index in [1.807, 2.05) is 31.2 Å². The van der Waals surface area contributed by atoms with Crippen LogP contribution < -0.4 is 5.32 Å². The van der Waals surface area contributed by atoms with Gasteiger partial charge in [-0.1, -0.05) is 23.7 Å². The molecule has 0 saturated heterocycles. The number of alkyl halides is 2. The lowest BCUT2D eigenvalue weighted by Gasteiger charge is -2.07. The Morgan fingerprint density at radius 3 is 2.59 bits per heavy atom. The lowest BCUT2D eigenvalue weighted by Crippen LogP contribution is -2.21. The highest BCUT2D eigenvalue weighted by molar-refractivity contribution is 6.30. The van der Waals surface area contributed by atoms with E-state index in [4.69, 9.17) is 11.6 Å². The normalized spacial score (nSPS) is 13.8. The van der Waals surface area contributed by atoms with Crippen molar-refractivity contribution in [2.24, 2.45) is 0 Å². The number of aryl methyl sites for hydroxylation is 1. The summed E-state index contributed by atoms with van der Waals surface area (Å²) < 4.78 is 29.1. The van der Waals surface area contributed by atoms with Crippen LogP contribution >= 0.6 is 11.6 Å². The summed E-state index contributed by atoms with van der Waals surface area (Å²) in [5, 5.41) is 11.7. The van der Waals surface area contributed by atoms with E-state index in [1.165, 1.54) is 10.7 Å². The van der Waals surface area contributed by atoms with Crippen LogP contribution in [0.4, 0.5) is 14.6 Å². The number of nitrogens with zero attached hydrogens (tertiary/aromatic N) is 4. The Balaban J connectivity index is 1.43. The molecule has 1 N–H and O–H groups in total. The quantitative estimate of drug-likeness (QED) is 0.611. The predicted octanol–water partition coefficient (Wildman–Crippen LogP) is 4.54. The van der Waals surface area contributed by atoms with E-state index in [0.29, 0.717) is 23.1 Å². The number of anilines is 1. The average molecular weight is 420 g/mol. The van der Waals surface area contributed by atoms with Gasteiger partial charge in [0, 0.05) is 28.4 Å². The van der Waals surface area contributed by atoms with Crippen molar-refractivity contribution < 1.29 is 13.6 Å². The average Bonchev–Trinajstić information content (AvgIpc) is 3.34. The maximum atomic E-state index is 13.0. The molecule has 0 radical (unpaired) electrons. The summed E-state index contributed by atoms with van der Waals surface area (Å²) in [6.07, 6.45) is -0.780. The van der Waals surface area contributed by atoms with Crippen molar-refractivity contribution in [3.8, 4) is 0 Å². The molecule has 1 aliphatic carbocycles. The molecule has 0 unspecified atom stereocenters. The molecule has 3 aromatic rings. The second-order valence-corrected chi connectivity index (χ2v) is 7.67. The topological polar surface area (TPSA) is 64.7 Å². The summed E-state index contributed by atoms with van der Waals surface area (Å²) in [5.41, 5.74) is 2.32. The van der Waals surface area contributed by atoms with Crippen molar-refractivity contribution in [3.05, 3.63) is 64.1 Å². The van der Waals surface area contributed by atoms with Gasteiger partial charge in [0.15, 0.2) is 5.82 Å². The summed E-state index contributed by atoms with van der Waals surface area (Å²) in [5.74, 6) is 0.270. The number of halogens is 3. The van der Waals surface area contributed by atoms with E-state index in [1.54, 1.807) is 10.7 Å². The van der Waals surface area contributed by atoms with Gasteiger partial charge in [-0.05, 0) is 43.5 Å². The first-order valence-corrected chi connectivity index (χ1v) is 9.71. The second kappa shape index (κ2) is 7.94. The van der Waals surface area contributed by atoms with Crippen LogP contribution in [0, 0.1) is 6.92 Å². The summed E-state index contributed by atoms with van der Waals surface area (Å²) in [6.45, 7) is 2.31. The molecule has 6 nitrogen and oxygen atoms in total. The fourth-order valence-corrected chi connectivity index (χ4v) is 3.33. The zero-order valence-electron chi connectivity index (χ0n) is 15.8. The maximum absolute atomic E-state index is 13.0. The van der Waals surface area contributed by atoms with Gasteiger partial charge in [-0.2, -0.15) is 10.2 Å². The van der Waals surface area contributed by atoms with Crippen molar-refractivity contribution >= 4 is 23.3 Å². The molecule has 29 heavy (non-hydrogen) atoms. The highest BCUT2D eigenvalue weighted by Gasteiger charge is 2.30. The minimum atomic E-state index is -2.65. The van der Waals surface area contributed by atoms with Crippen LogP contribution in [0.2, 0.25) is 5.02 Å².